The molecule has 1 aliphatic rings. The molecule has 2 aromatic heterocycles. The molecule has 3 aromatic rings. The van der Waals surface area contributed by atoms with Gasteiger partial charge in [0.25, 0.3) is 10.0 Å². The predicted molar refractivity (Wildman–Crippen MR) is 131 cm³/mol. The SMILES string of the molecule is Cc1nc(S(=O)(=O)N2CCC(C(=O)NC(C)c3cccc(OCc4ccccn4)c3)CC2)cn1C. The lowest BCUT2D eigenvalue weighted by Gasteiger charge is -2.30. The summed E-state index contributed by atoms with van der Waals surface area (Å²) in [7, 11) is -1.89. The number of imidazole rings is 1. The molecule has 0 aliphatic carbocycles. The second-order valence-corrected chi connectivity index (χ2v) is 10.7. The number of amides is 1. The van der Waals surface area contributed by atoms with Gasteiger partial charge in [0, 0.05) is 38.4 Å². The van der Waals surface area contributed by atoms with Crippen molar-refractivity contribution in [2.45, 2.75) is 44.4 Å². The number of hydrogen-bond donors (Lipinski definition) is 1. The lowest BCUT2D eigenvalue weighted by molar-refractivity contribution is -0.126. The zero-order valence-electron chi connectivity index (χ0n) is 20.2. The first-order chi connectivity index (χ1) is 16.7. The number of pyridine rings is 1. The molecule has 0 spiro atoms. The summed E-state index contributed by atoms with van der Waals surface area (Å²) in [6.45, 7) is 4.64. The van der Waals surface area contributed by atoms with Crippen LogP contribution in [-0.2, 0) is 28.5 Å². The second kappa shape index (κ2) is 10.6. The van der Waals surface area contributed by atoms with Crippen molar-refractivity contribution in [2.24, 2.45) is 13.0 Å². The number of benzene rings is 1. The summed E-state index contributed by atoms with van der Waals surface area (Å²) in [4.78, 5) is 21.3. The highest BCUT2D eigenvalue weighted by atomic mass is 32.2. The molecule has 4 rings (SSSR count). The van der Waals surface area contributed by atoms with Crippen LogP contribution in [-0.4, -0.2) is 46.3 Å². The zero-order valence-corrected chi connectivity index (χ0v) is 21.0. The first kappa shape index (κ1) is 24.9. The first-order valence-corrected chi connectivity index (χ1v) is 13.1. The molecule has 1 unspecified atom stereocenters. The first-order valence-electron chi connectivity index (χ1n) is 11.7. The minimum Gasteiger partial charge on any atom is -0.487 e. The van der Waals surface area contributed by atoms with Crippen molar-refractivity contribution in [1.29, 1.82) is 0 Å². The van der Waals surface area contributed by atoms with Gasteiger partial charge in [-0.25, -0.2) is 13.4 Å². The molecule has 3 heterocycles. The Morgan fingerprint density at radius 2 is 1.97 bits per heavy atom. The third-order valence-corrected chi connectivity index (χ3v) is 8.12. The third-order valence-electron chi connectivity index (χ3n) is 6.35. The number of rotatable bonds is 8. The van der Waals surface area contributed by atoms with E-state index in [4.69, 9.17) is 4.74 Å². The molecule has 35 heavy (non-hydrogen) atoms. The van der Waals surface area contributed by atoms with Crippen LogP contribution in [0.4, 0.5) is 0 Å². The number of piperidine rings is 1. The fourth-order valence-electron chi connectivity index (χ4n) is 4.07. The van der Waals surface area contributed by atoms with Gasteiger partial charge in [-0.3, -0.25) is 9.78 Å². The van der Waals surface area contributed by atoms with Crippen molar-refractivity contribution in [3.8, 4) is 5.75 Å². The fraction of sp³-hybridized carbons (Fsp3) is 0.400. The van der Waals surface area contributed by atoms with Crippen molar-refractivity contribution in [2.75, 3.05) is 13.1 Å². The summed E-state index contributed by atoms with van der Waals surface area (Å²) in [5.74, 6) is 1.04. The lowest BCUT2D eigenvalue weighted by Crippen LogP contribution is -2.43. The predicted octanol–water partition coefficient (Wildman–Crippen LogP) is 2.98. The van der Waals surface area contributed by atoms with Gasteiger partial charge >= 0.3 is 0 Å². The van der Waals surface area contributed by atoms with Gasteiger partial charge in [-0.15, -0.1) is 0 Å². The monoisotopic (exact) mass is 497 g/mol. The van der Waals surface area contributed by atoms with Crippen LogP contribution in [0, 0.1) is 12.8 Å². The summed E-state index contributed by atoms with van der Waals surface area (Å²) >= 11 is 0. The third kappa shape index (κ3) is 5.88. The standard InChI is InChI=1S/C25H31N5O4S/c1-18(21-7-6-9-23(15-21)34-17-22-8-4-5-12-26-22)27-25(31)20-10-13-30(14-11-20)35(32,33)24-16-29(3)19(2)28-24/h4-9,12,15-16,18,20H,10-11,13-14,17H2,1-3H3,(H,27,31). The maximum atomic E-state index is 12.9. The Hall–Kier alpha value is -3.24. The Morgan fingerprint density at radius 1 is 1.20 bits per heavy atom. The minimum absolute atomic E-state index is 0.0548. The van der Waals surface area contributed by atoms with Crippen LogP contribution in [0.1, 0.15) is 42.9 Å². The minimum atomic E-state index is -3.66. The van der Waals surface area contributed by atoms with E-state index in [1.165, 1.54) is 10.5 Å². The molecule has 1 aliphatic heterocycles. The highest BCUT2D eigenvalue weighted by Crippen LogP contribution is 2.25. The van der Waals surface area contributed by atoms with E-state index in [-0.39, 0.29) is 22.9 Å². The van der Waals surface area contributed by atoms with Crippen molar-refractivity contribution >= 4 is 15.9 Å². The van der Waals surface area contributed by atoms with E-state index in [0.717, 1.165) is 11.3 Å². The van der Waals surface area contributed by atoms with E-state index in [1.807, 2.05) is 49.4 Å². The number of nitrogens with zero attached hydrogens (tertiary/aromatic N) is 4. The van der Waals surface area contributed by atoms with Gasteiger partial charge in [0.05, 0.1) is 11.7 Å². The summed E-state index contributed by atoms with van der Waals surface area (Å²) in [6.07, 6.45) is 4.19. The van der Waals surface area contributed by atoms with Gasteiger partial charge in [-0.05, 0) is 56.5 Å². The maximum absolute atomic E-state index is 12.9. The Labute approximate surface area is 206 Å². The summed E-state index contributed by atoms with van der Waals surface area (Å²) < 4.78 is 34.8. The van der Waals surface area contributed by atoms with Gasteiger partial charge in [0.15, 0.2) is 5.03 Å². The van der Waals surface area contributed by atoms with Crippen LogP contribution in [0.25, 0.3) is 0 Å². The van der Waals surface area contributed by atoms with Crippen LogP contribution < -0.4 is 10.1 Å². The molecule has 9 nitrogen and oxygen atoms in total. The van der Waals surface area contributed by atoms with Gasteiger partial charge in [-0.2, -0.15) is 4.31 Å². The quantitative estimate of drug-likeness (QED) is 0.513. The van der Waals surface area contributed by atoms with Crippen molar-refractivity contribution < 1.29 is 17.9 Å². The molecule has 1 aromatic carbocycles. The second-order valence-electron chi connectivity index (χ2n) is 8.83. The zero-order chi connectivity index (χ0) is 25.0. The molecule has 10 heteroatoms. The van der Waals surface area contributed by atoms with Gasteiger partial charge in [0.2, 0.25) is 5.91 Å². The molecule has 1 atom stereocenters. The van der Waals surface area contributed by atoms with E-state index in [0.29, 0.717) is 44.1 Å². The number of nitrogens with one attached hydrogen (secondary N) is 1. The van der Waals surface area contributed by atoms with Crippen LogP contribution in [0.2, 0.25) is 0 Å². The van der Waals surface area contributed by atoms with Crippen LogP contribution in [0.3, 0.4) is 0 Å². The van der Waals surface area contributed by atoms with Crippen LogP contribution in [0.5, 0.6) is 5.75 Å². The average molecular weight is 498 g/mol. The number of hydrogen-bond acceptors (Lipinski definition) is 6. The van der Waals surface area contributed by atoms with E-state index < -0.39 is 10.0 Å². The summed E-state index contributed by atoms with van der Waals surface area (Å²) in [5, 5.41) is 3.13. The topological polar surface area (TPSA) is 106 Å². The summed E-state index contributed by atoms with van der Waals surface area (Å²) in [6, 6.07) is 13.1. The van der Waals surface area contributed by atoms with Crippen LogP contribution >= 0.6 is 0 Å². The smallest absolute Gasteiger partial charge is 0.262 e. The van der Waals surface area contributed by atoms with Crippen molar-refractivity contribution in [1.82, 2.24) is 24.2 Å². The molecule has 1 saturated heterocycles. The number of carbonyl (C=O) groups is 1. The molecule has 1 N–H and O–H groups in total. The van der Waals surface area contributed by atoms with Gasteiger partial charge in [0.1, 0.15) is 18.2 Å². The molecule has 0 saturated carbocycles. The molecular weight excluding hydrogens is 466 g/mol. The number of ether oxygens (including phenoxy) is 1. The normalized spacial score (nSPS) is 16.1. The van der Waals surface area contributed by atoms with E-state index in [2.05, 4.69) is 15.3 Å². The van der Waals surface area contributed by atoms with Crippen molar-refractivity contribution in [3.05, 3.63) is 71.9 Å². The number of carbonyl (C=O) groups excluding carboxylic acids is 1. The number of sulfonamides is 1. The Balaban J connectivity index is 1.31. The fourth-order valence-corrected chi connectivity index (χ4v) is 5.57. The van der Waals surface area contributed by atoms with Gasteiger partial charge in [-0.1, -0.05) is 18.2 Å². The Bertz CT molecular complexity index is 1250. The Morgan fingerprint density at radius 3 is 2.63 bits per heavy atom. The van der Waals surface area contributed by atoms with E-state index in [1.54, 1.807) is 24.7 Å². The number of aromatic nitrogens is 3. The van der Waals surface area contributed by atoms with Gasteiger partial charge < -0.3 is 14.6 Å². The van der Waals surface area contributed by atoms with Crippen LogP contribution in [0.15, 0.2) is 59.9 Å². The Kier molecular flexibility index (Phi) is 7.51. The van der Waals surface area contributed by atoms with E-state index >= 15 is 0 Å². The molecule has 0 radical (unpaired) electrons. The lowest BCUT2D eigenvalue weighted by atomic mass is 9.96. The maximum Gasteiger partial charge on any atom is 0.262 e. The largest absolute Gasteiger partial charge is 0.487 e. The van der Waals surface area contributed by atoms with E-state index in [9.17, 15) is 13.2 Å². The number of aryl methyl sites for hydroxylation is 2. The molecule has 0 bridgehead atoms. The average Bonchev–Trinajstić information content (AvgIpc) is 3.22. The molecule has 1 amide bonds. The molecule has 1 fully saturated rings. The highest BCUT2D eigenvalue weighted by molar-refractivity contribution is 7.89. The molecular formula is C25H31N5O4S. The van der Waals surface area contributed by atoms with Crippen molar-refractivity contribution in [3.63, 3.8) is 0 Å². The summed E-state index contributed by atoms with van der Waals surface area (Å²) in [5.41, 5.74) is 1.77. The molecule has 186 valence electrons. The highest BCUT2D eigenvalue weighted by Gasteiger charge is 2.34.